The quantitative estimate of drug-likeness (QED) is 0.817. The monoisotopic (exact) mass is 233 g/mol. The molecule has 0 atom stereocenters. The molecule has 1 aromatic heterocycles. The maximum Gasteiger partial charge on any atom is 0.252 e. The Kier molecular flexibility index (Phi) is 3.31. The average molecular weight is 233 g/mol. The Morgan fingerprint density at radius 2 is 2.29 bits per heavy atom. The minimum absolute atomic E-state index is 0.0557. The van der Waals surface area contributed by atoms with Crippen molar-refractivity contribution in [2.75, 3.05) is 12.3 Å². The van der Waals surface area contributed by atoms with Gasteiger partial charge in [0.2, 0.25) is 0 Å². The standard InChI is InChI=1S/C13H19N3O/c1-2-5-13(6-7-13)9-16-12(17)10-3-4-11(14)15-8-10/h3-4,8H,2,5-7,9H2,1H3,(H2,14,15)(H,16,17). The lowest BCUT2D eigenvalue weighted by molar-refractivity contribution is 0.0943. The zero-order valence-electron chi connectivity index (χ0n) is 10.2. The molecule has 17 heavy (non-hydrogen) atoms. The third-order valence-corrected chi connectivity index (χ3v) is 3.41. The van der Waals surface area contributed by atoms with Crippen molar-refractivity contribution < 1.29 is 4.79 Å². The zero-order chi connectivity index (χ0) is 12.3. The first-order valence-corrected chi connectivity index (χ1v) is 6.15. The van der Waals surface area contributed by atoms with Crippen molar-refractivity contribution in [1.82, 2.24) is 10.3 Å². The van der Waals surface area contributed by atoms with Crippen molar-refractivity contribution in [2.24, 2.45) is 5.41 Å². The molecule has 92 valence electrons. The van der Waals surface area contributed by atoms with Crippen LogP contribution in [0.3, 0.4) is 0 Å². The van der Waals surface area contributed by atoms with E-state index in [1.807, 2.05) is 0 Å². The van der Waals surface area contributed by atoms with Crippen LogP contribution in [-0.4, -0.2) is 17.4 Å². The van der Waals surface area contributed by atoms with Crippen molar-refractivity contribution in [1.29, 1.82) is 0 Å². The molecule has 1 aliphatic carbocycles. The predicted molar refractivity (Wildman–Crippen MR) is 67.6 cm³/mol. The number of rotatable bonds is 5. The second-order valence-electron chi connectivity index (χ2n) is 4.90. The number of hydrogen-bond donors (Lipinski definition) is 2. The lowest BCUT2D eigenvalue weighted by Gasteiger charge is -2.14. The van der Waals surface area contributed by atoms with Gasteiger partial charge in [0.15, 0.2) is 0 Å². The van der Waals surface area contributed by atoms with Gasteiger partial charge in [-0.15, -0.1) is 0 Å². The summed E-state index contributed by atoms with van der Waals surface area (Å²) in [6.45, 7) is 2.97. The molecule has 2 rings (SSSR count). The number of carbonyl (C=O) groups excluding carboxylic acids is 1. The second kappa shape index (κ2) is 4.73. The number of pyridine rings is 1. The van der Waals surface area contributed by atoms with Gasteiger partial charge in [0.25, 0.3) is 5.91 Å². The van der Waals surface area contributed by atoms with E-state index in [9.17, 15) is 4.79 Å². The molecular formula is C13H19N3O. The highest BCUT2D eigenvalue weighted by molar-refractivity contribution is 5.94. The number of nitrogens with one attached hydrogen (secondary N) is 1. The minimum Gasteiger partial charge on any atom is -0.384 e. The van der Waals surface area contributed by atoms with Gasteiger partial charge in [-0.1, -0.05) is 13.3 Å². The largest absolute Gasteiger partial charge is 0.384 e. The van der Waals surface area contributed by atoms with Gasteiger partial charge in [0, 0.05) is 12.7 Å². The second-order valence-corrected chi connectivity index (χ2v) is 4.90. The van der Waals surface area contributed by atoms with Crippen LogP contribution in [0.5, 0.6) is 0 Å². The number of amides is 1. The molecule has 1 aliphatic rings. The molecule has 0 bridgehead atoms. The first kappa shape index (κ1) is 11.9. The van der Waals surface area contributed by atoms with E-state index in [2.05, 4.69) is 17.2 Å². The fourth-order valence-electron chi connectivity index (χ4n) is 2.13. The molecule has 4 heteroatoms. The topological polar surface area (TPSA) is 68.0 Å². The van der Waals surface area contributed by atoms with Crippen LogP contribution < -0.4 is 11.1 Å². The Bertz CT molecular complexity index is 396. The first-order chi connectivity index (χ1) is 8.15. The van der Waals surface area contributed by atoms with Crippen molar-refractivity contribution in [3.05, 3.63) is 23.9 Å². The summed E-state index contributed by atoms with van der Waals surface area (Å²) in [6, 6.07) is 3.35. The molecule has 1 aromatic rings. The molecule has 0 saturated heterocycles. The molecule has 3 N–H and O–H groups in total. The molecular weight excluding hydrogens is 214 g/mol. The number of nitrogen functional groups attached to an aromatic ring is 1. The maximum atomic E-state index is 11.8. The van der Waals surface area contributed by atoms with E-state index < -0.39 is 0 Å². The highest BCUT2D eigenvalue weighted by Crippen LogP contribution is 2.48. The van der Waals surface area contributed by atoms with E-state index in [1.165, 1.54) is 31.9 Å². The Balaban J connectivity index is 1.87. The molecule has 1 heterocycles. The number of nitrogens with two attached hydrogens (primary N) is 1. The fraction of sp³-hybridized carbons (Fsp3) is 0.538. The van der Waals surface area contributed by atoms with E-state index in [0.717, 1.165) is 6.54 Å². The molecule has 0 radical (unpaired) electrons. The smallest absolute Gasteiger partial charge is 0.252 e. The SMILES string of the molecule is CCCC1(CNC(=O)c2ccc(N)nc2)CC1. The highest BCUT2D eigenvalue weighted by Gasteiger charge is 2.41. The third kappa shape index (κ3) is 2.96. The van der Waals surface area contributed by atoms with Gasteiger partial charge in [0.05, 0.1) is 5.56 Å². The molecule has 0 spiro atoms. The summed E-state index contributed by atoms with van der Waals surface area (Å²) in [6.07, 6.45) is 6.37. The van der Waals surface area contributed by atoms with Gasteiger partial charge in [-0.2, -0.15) is 0 Å². The van der Waals surface area contributed by atoms with Gasteiger partial charge in [-0.05, 0) is 36.8 Å². The van der Waals surface area contributed by atoms with Crippen LogP contribution in [0.25, 0.3) is 0 Å². The van der Waals surface area contributed by atoms with E-state index in [-0.39, 0.29) is 5.91 Å². The van der Waals surface area contributed by atoms with Crippen LogP contribution in [0.2, 0.25) is 0 Å². The van der Waals surface area contributed by atoms with Gasteiger partial charge >= 0.3 is 0 Å². The van der Waals surface area contributed by atoms with E-state index >= 15 is 0 Å². The van der Waals surface area contributed by atoms with Crippen molar-refractivity contribution in [3.8, 4) is 0 Å². The summed E-state index contributed by atoms with van der Waals surface area (Å²) in [5, 5.41) is 2.99. The normalized spacial score (nSPS) is 16.5. The van der Waals surface area contributed by atoms with Crippen molar-refractivity contribution in [2.45, 2.75) is 32.6 Å². The number of aromatic nitrogens is 1. The first-order valence-electron chi connectivity index (χ1n) is 6.15. The van der Waals surface area contributed by atoms with E-state index in [1.54, 1.807) is 12.1 Å². The van der Waals surface area contributed by atoms with Crippen LogP contribution >= 0.6 is 0 Å². The van der Waals surface area contributed by atoms with Crippen LogP contribution in [0.4, 0.5) is 5.82 Å². The summed E-state index contributed by atoms with van der Waals surface area (Å²) in [4.78, 5) is 15.8. The Morgan fingerprint density at radius 1 is 1.53 bits per heavy atom. The van der Waals surface area contributed by atoms with Crippen LogP contribution in [0, 0.1) is 5.41 Å². The molecule has 0 unspecified atom stereocenters. The number of carbonyl (C=O) groups is 1. The number of nitrogens with zero attached hydrogens (tertiary/aromatic N) is 1. The summed E-state index contributed by atoms with van der Waals surface area (Å²) < 4.78 is 0. The van der Waals surface area contributed by atoms with E-state index in [0.29, 0.717) is 16.8 Å². The van der Waals surface area contributed by atoms with Crippen LogP contribution in [0.1, 0.15) is 43.0 Å². The molecule has 0 aliphatic heterocycles. The lowest BCUT2D eigenvalue weighted by atomic mass is 10.0. The lowest BCUT2D eigenvalue weighted by Crippen LogP contribution is -2.30. The molecule has 4 nitrogen and oxygen atoms in total. The zero-order valence-corrected chi connectivity index (χ0v) is 10.2. The summed E-state index contributed by atoms with van der Waals surface area (Å²) >= 11 is 0. The Hall–Kier alpha value is -1.58. The summed E-state index contributed by atoms with van der Waals surface area (Å²) in [5.74, 6) is 0.381. The molecule has 1 amide bonds. The predicted octanol–water partition coefficient (Wildman–Crippen LogP) is 1.97. The molecule has 1 fully saturated rings. The van der Waals surface area contributed by atoms with E-state index in [4.69, 9.17) is 5.73 Å². The highest BCUT2D eigenvalue weighted by atomic mass is 16.1. The third-order valence-electron chi connectivity index (χ3n) is 3.41. The number of anilines is 1. The van der Waals surface area contributed by atoms with Crippen LogP contribution in [0.15, 0.2) is 18.3 Å². The summed E-state index contributed by atoms with van der Waals surface area (Å²) in [5.41, 5.74) is 6.43. The Labute approximate surface area is 102 Å². The molecule has 0 aromatic carbocycles. The van der Waals surface area contributed by atoms with Gasteiger partial charge < -0.3 is 11.1 Å². The van der Waals surface area contributed by atoms with Gasteiger partial charge in [-0.3, -0.25) is 4.79 Å². The van der Waals surface area contributed by atoms with Gasteiger partial charge in [-0.25, -0.2) is 4.98 Å². The van der Waals surface area contributed by atoms with Crippen LogP contribution in [-0.2, 0) is 0 Å². The van der Waals surface area contributed by atoms with Gasteiger partial charge in [0.1, 0.15) is 5.82 Å². The Morgan fingerprint density at radius 3 is 2.82 bits per heavy atom. The van der Waals surface area contributed by atoms with Crippen molar-refractivity contribution >= 4 is 11.7 Å². The molecule has 1 saturated carbocycles. The fourth-order valence-corrected chi connectivity index (χ4v) is 2.13. The minimum atomic E-state index is -0.0557. The maximum absolute atomic E-state index is 11.8. The average Bonchev–Trinajstić information content (AvgIpc) is 3.08. The number of hydrogen-bond acceptors (Lipinski definition) is 3. The van der Waals surface area contributed by atoms with Crippen molar-refractivity contribution in [3.63, 3.8) is 0 Å². The summed E-state index contributed by atoms with van der Waals surface area (Å²) in [7, 11) is 0.